The van der Waals surface area contributed by atoms with Crippen LogP contribution in [0.5, 0.6) is 0 Å². The third-order valence-corrected chi connectivity index (χ3v) is 2.07. The third-order valence-electron chi connectivity index (χ3n) is 2.07. The van der Waals surface area contributed by atoms with E-state index in [1.807, 2.05) is 13.8 Å². The average molecular weight is 212 g/mol. The first-order valence-corrected chi connectivity index (χ1v) is 5.02. The molecule has 0 aliphatic carbocycles. The molecule has 0 saturated heterocycles. The molecule has 0 radical (unpaired) electrons. The fraction of sp³-hybridized carbons (Fsp3) is 0.600. The number of hydrogen-bond donors (Lipinski definition) is 2. The van der Waals surface area contributed by atoms with Crippen LogP contribution in [-0.4, -0.2) is 22.3 Å². The Morgan fingerprint density at radius 2 is 2.47 bits per heavy atom. The van der Waals surface area contributed by atoms with Crippen LogP contribution in [0.25, 0.3) is 0 Å². The molecule has 84 valence electrons. The highest BCUT2D eigenvalue weighted by Gasteiger charge is 2.15. The maximum absolute atomic E-state index is 10.8. The van der Waals surface area contributed by atoms with Crippen molar-refractivity contribution >= 4 is 5.97 Å². The molecule has 0 spiro atoms. The molecule has 1 heterocycles. The first kappa shape index (κ1) is 11.7. The minimum absolute atomic E-state index is 0.401. The number of carboxylic acid groups (broad SMARTS) is 1. The van der Waals surface area contributed by atoms with Crippen LogP contribution in [0.2, 0.25) is 0 Å². The Bertz CT molecular complexity index is 322. The highest BCUT2D eigenvalue weighted by Crippen LogP contribution is 2.03. The molecular formula is C10H16N2O3. The van der Waals surface area contributed by atoms with Crippen molar-refractivity contribution in [3.05, 3.63) is 17.5 Å². The monoisotopic (exact) mass is 212 g/mol. The van der Waals surface area contributed by atoms with Gasteiger partial charge in [0.1, 0.15) is 6.04 Å². The van der Waals surface area contributed by atoms with E-state index in [0.717, 1.165) is 12.1 Å². The second kappa shape index (κ2) is 5.50. The number of nitrogens with zero attached hydrogens (tertiary/aromatic N) is 1. The summed E-state index contributed by atoms with van der Waals surface area (Å²) in [5.41, 5.74) is 0.800. The maximum Gasteiger partial charge on any atom is 0.320 e. The van der Waals surface area contributed by atoms with Crippen LogP contribution in [0.15, 0.2) is 10.6 Å². The molecule has 1 unspecified atom stereocenters. The molecule has 1 atom stereocenters. The lowest BCUT2D eigenvalue weighted by molar-refractivity contribution is -0.139. The van der Waals surface area contributed by atoms with Crippen LogP contribution in [0, 0.1) is 6.92 Å². The summed E-state index contributed by atoms with van der Waals surface area (Å²) in [6, 6.07) is 1.28. The SMILES string of the molecule is CCCC(NCc1cc(C)no1)C(=O)O. The van der Waals surface area contributed by atoms with Gasteiger partial charge in [0, 0.05) is 6.07 Å². The Balaban J connectivity index is 2.43. The van der Waals surface area contributed by atoms with Gasteiger partial charge in [-0.1, -0.05) is 18.5 Å². The minimum atomic E-state index is -0.826. The highest BCUT2D eigenvalue weighted by atomic mass is 16.5. The molecule has 5 nitrogen and oxygen atoms in total. The smallest absolute Gasteiger partial charge is 0.320 e. The Kier molecular flexibility index (Phi) is 4.30. The molecule has 0 bridgehead atoms. The van der Waals surface area contributed by atoms with E-state index in [-0.39, 0.29) is 0 Å². The van der Waals surface area contributed by atoms with Crippen molar-refractivity contribution in [2.24, 2.45) is 0 Å². The zero-order chi connectivity index (χ0) is 11.3. The Hall–Kier alpha value is -1.36. The predicted octanol–water partition coefficient (Wildman–Crippen LogP) is 1.33. The molecule has 0 saturated carbocycles. The molecule has 0 aromatic carbocycles. The van der Waals surface area contributed by atoms with Crippen LogP contribution in [-0.2, 0) is 11.3 Å². The van der Waals surface area contributed by atoms with Crippen LogP contribution in [0.1, 0.15) is 31.2 Å². The summed E-state index contributed by atoms with van der Waals surface area (Å²) in [5, 5.41) is 15.5. The third kappa shape index (κ3) is 3.71. The van der Waals surface area contributed by atoms with E-state index in [9.17, 15) is 4.79 Å². The van der Waals surface area contributed by atoms with E-state index in [1.165, 1.54) is 0 Å². The Morgan fingerprint density at radius 3 is 2.93 bits per heavy atom. The van der Waals surface area contributed by atoms with Gasteiger partial charge in [-0.3, -0.25) is 10.1 Å². The first-order valence-electron chi connectivity index (χ1n) is 5.02. The van der Waals surface area contributed by atoms with Crippen molar-refractivity contribution in [1.29, 1.82) is 0 Å². The molecule has 1 rings (SSSR count). The standard InChI is InChI=1S/C10H16N2O3/c1-3-4-9(10(13)14)11-6-8-5-7(2)12-15-8/h5,9,11H,3-4,6H2,1-2H3,(H,13,14). The van der Waals surface area contributed by atoms with Gasteiger partial charge in [-0.2, -0.15) is 0 Å². The Labute approximate surface area is 88.5 Å². The van der Waals surface area contributed by atoms with Gasteiger partial charge >= 0.3 is 5.97 Å². The molecule has 1 aromatic rings. The number of aromatic nitrogens is 1. The van der Waals surface area contributed by atoms with Crippen molar-refractivity contribution in [1.82, 2.24) is 10.5 Å². The zero-order valence-electron chi connectivity index (χ0n) is 8.99. The number of aryl methyl sites for hydroxylation is 1. The number of aliphatic carboxylic acids is 1. The van der Waals surface area contributed by atoms with E-state index in [2.05, 4.69) is 10.5 Å². The highest BCUT2D eigenvalue weighted by molar-refractivity contribution is 5.73. The molecule has 2 N–H and O–H groups in total. The number of rotatable bonds is 6. The lowest BCUT2D eigenvalue weighted by Gasteiger charge is -2.11. The van der Waals surface area contributed by atoms with Gasteiger partial charge in [0.2, 0.25) is 0 Å². The molecule has 15 heavy (non-hydrogen) atoms. The first-order chi connectivity index (χ1) is 7.13. The lowest BCUT2D eigenvalue weighted by Crippen LogP contribution is -2.35. The van der Waals surface area contributed by atoms with Crippen LogP contribution >= 0.6 is 0 Å². The second-order valence-electron chi connectivity index (χ2n) is 3.50. The zero-order valence-corrected chi connectivity index (χ0v) is 8.99. The number of carbonyl (C=O) groups is 1. The van der Waals surface area contributed by atoms with E-state index in [4.69, 9.17) is 9.63 Å². The maximum atomic E-state index is 10.8. The fourth-order valence-electron chi connectivity index (χ4n) is 1.32. The molecule has 1 aromatic heterocycles. The van der Waals surface area contributed by atoms with Crippen LogP contribution < -0.4 is 5.32 Å². The normalized spacial score (nSPS) is 12.7. The summed E-state index contributed by atoms with van der Waals surface area (Å²) in [5.74, 6) is -0.164. The molecule has 0 fully saturated rings. The lowest BCUT2D eigenvalue weighted by atomic mass is 10.1. The second-order valence-corrected chi connectivity index (χ2v) is 3.50. The van der Waals surface area contributed by atoms with Crippen LogP contribution in [0.4, 0.5) is 0 Å². The van der Waals surface area contributed by atoms with Crippen molar-refractivity contribution in [2.75, 3.05) is 0 Å². The van der Waals surface area contributed by atoms with Crippen LogP contribution in [0.3, 0.4) is 0 Å². The van der Waals surface area contributed by atoms with Gasteiger partial charge in [0.05, 0.1) is 12.2 Å². The van der Waals surface area contributed by atoms with Crippen molar-refractivity contribution < 1.29 is 14.4 Å². The van der Waals surface area contributed by atoms with Gasteiger partial charge in [-0.05, 0) is 13.3 Å². The number of carboxylic acids is 1. The molecule has 0 aliphatic rings. The van der Waals surface area contributed by atoms with Gasteiger partial charge in [0.15, 0.2) is 5.76 Å². The summed E-state index contributed by atoms with van der Waals surface area (Å²) < 4.78 is 4.97. The molecule has 5 heteroatoms. The summed E-state index contributed by atoms with van der Waals surface area (Å²) in [6.07, 6.45) is 1.45. The average Bonchev–Trinajstić information content (AvgIpc) is 2.58. The van der Waals surface area contributed by atoms with Crippen molar-refractivity contribution in [3.8, 4) is 0 Å². The van der Waals surface area contributed by atoms with E-state index in [1.54, 1.807) is 6.07 Å². The van der Waals surface area contributed by atoms with Crippen molar-refractivity contribution in [3.63, 3.8) is 0 Å². The predicted molar refractivity (Wildman–Crippen MR) is 54.4 cm³/mol. The molecule has 0 aliphatic heterocycles. The largest absolute Gasteiger partial charge is 0.480 e. The number of nitrogens with one attached hydrogen (secondary N) is 1. The number of hydrogen-bond acceptors (Lipinski definition) is 4. The van der Waals surface area contributed by atoms with E-state index in [0.29, 0.717) is 18.7 Å². The topological polar surface area (TPSA) is 75.4 Å². The quantitative estimate of drug-likeness (QED) is 0.744. The van der Waals surface area contributed by atoms with Gasteiger partial charge in [0.25, 0.3) is 0 Å². The Morgan fingerprint density at radius 1 is 1.73 bits per heavy atom. The summed E-state index contributed by atoms with van der Waals surface area (Å²) in [7, 11) is 0. The summed E-state index contributed by atoms with van der Waals surface area (Å²) in [4.78, 5) is 10.8. The fourth-order valence-corrected chi connectivity index (χ4v) is 1.32. The minimum Gasteiger partial charge on any atom is -0.480 e. The molecule has 0 amide bonds. The molecular weight excluding hydrogens is 196 g/mol. The van der Waals surface area contributed by atoms with Crippen molar-refractivity contribution in [2.45, 2.75) is 39.3 Å². The summed E-state index contributed by atoms with van der Waals surface area (Å²) >= 11 is 0. The van der Waals surface area contributed by atoms with E-state index >= 15 is 0 Å². The summed E-state index contributed by atoms with van der Waals surface area (Å²) in [6.45, 7) is 4.18. The van der Waals surface area contributed by atoms with Gasteiger partial charge in [-0.25, -0.2) is 0 Å². The van der Waals surface area contributed by atoms with Gasteiger partial charge in [-0.15, -0.1) is 0 Å². The van der Waals surface area contributed by atoms with E-state index < -0.39 is 12.0 Å². The van der Waals surface area contributed by atoms with Gasteiger partial charge < -0.3 is 9.63 Å².